The van der Waals surface area contributed by atoms with Gasteiger partial charge in [0.15, 0.2) is 0 Å². The topological polar surface area (TPSA) is 33.1 Å². The maximum absolute atomic E-state index is 11.2. The summed E-state index contributed by atoms with van der Waals surface area (Å²) in [6, 6.07) is 10.2. The van der Waals surface area contributed by atoms with E-state index in [1.807, 2.05) is 24.4 Å². The molecule has 0 spiro atoms. The molecule has 3 rings (SSSR count). The maximum Gasteiger partial charge on any atom is 0.0922 e. The Morgan fingerprint density at radius 2 is 2.00 bits per heavy atom. The Bertz CT molecular complexity index is 634. The van der Waals surface area contributed by atoms with Crippen LogP contribution in [0.2, 0.25) is 0 Å². The van der Waals surface area contributed by atoms with Gasteiger partial charge < -0.3 is 5.11 Å². The summed E-state index contributed by atoms with van der Waals surface area (Å²) in [7, 11) is 0. The van der Waals surface area contributed by atoms with E-state index in [-0.39, 0.29) is 5.92 Å². The Morgan fingerprint density at radius 1 is 1.20 bits per heavy atom. The van der Waals surface area contributed by atoms with Crippen LogP contribution in [0.25, 0.3) is 10.9 Å². The fraction of sp³-hybridized carbons (Fsp3) is 0.500. The molecule has 1 heterocycles. The van der Waals surface area contributed by atoms with Crippen molar-refractivity contribution in [3.05, 3.63) is 42.1 Å². The molecule has 2 unspecified atom stereocenters. The standard InChI is InChI=1S/C18H23NO/c1-13-12-17(2,3)8-9-18(13,20)15-6-7-16-14(11-15)5-4-10-19-16/h4-7,10-11,13,20H,8-9,12H2,1-3H3. The molecule has 1 fully saturated rings. The van der Waals surface area contributed by atoms with Crippen molar-refractivity contribution in [2.45, 2.75) is 45.6 Å². The molecule has 0 saturated heterocycles. The number of nitrogens with zero attached hydrogens (tertiary/aromatic N) is 1. The van der Waals surface area contributed by atoms with E-state index in [4.69, 9.17) is 0 Å². The normalized spacial score (nSPS) is 29.5. The first-order valence-corrected chi connectivity index (χ1v) is 7.48. The minimum atomic E-state index is -0.695. The van der Waals surface area contributed by atoms with Gasteiger partial charge in [-0.3, -0.25) is 4.98 Å². The largest absolute Gasteiger partial charge is 0.385 e. The second-order valence-corrected chi connectivity index (χ2v) is 7.10. The number of benzene rings is 1. The Morgan fingerprint density at radius 3 is 2.75 bits per heavy atom. The lowest BCUT2D eigenvalue weighted by Crippen LogP contribution is -2.41. The molecule has 0 radical (unpaired) electrons. The van der Waals surface area contributed by atoms with E-state index in [0.29, 0.717) is 5.41 Å². The van der Waals surface area contributed by atoms with E-state index in [0.717, 1.165) is 35.7 Å². The Labute approximate surface area is 120 Å². The van der Waals surface area contributed by atoms with E-state index < -0.39 is 5.60 Å². The monoisotopic (exact) mass is 269 g/mol. The molecule has 106 valence electrons. The van der Waals surface area contributed by atoms with Crippen molar-refractivity contribution in [3.8, 4) is 0 Å². The second kappa shape index (κ2) is 4.56. The highest BCUT2D eigenvalue weighted by Crippen LogP contribution is 2.48. The average molecular weight is 269 g/mol. The van der Waals surface area contributed by atoms with Crippen LogP contribution in [0.3, 0.4) is 0 Å². The van der Waals surface area contributed by atoms with Crippen molar-refractivity contribution in [3.63, 3.8) is 0 Å². The van der Waals surface area contributed by atoms with E-state index in [9.17, 15) is 5.11 Å². The van der Waals surface area contributed by atoms with Crippen LogP contribution in [0, 0.1) is 11.3 Å². The first-order valence-electron chi connectivity index (χ1n) is 7.48. The van der Waals surface area contributed by atoms with Crippen LogP contribution >= 0.6 is 0 Å². The van der Waals surface area contributed by atoms with Crippen LogP contribution in [0.5, 0.6) is 0 Å². The lowest BCUT2D eigenvalue weighted by Gasteiger charge is -2.45. The summed E-state index contributed by atoms with van der Waals surface area (Å²) in [5, 5.41) is 12.3. The van der Waals surface area contributed by atoms with Crippen molar-refractivity contribution < 1.29 is 5.11 Å². The van der Waals surface area contributed by atoms with Crippen LogP contribution in [-0.4, -0.2) is 10.1 Å². The predicted octanol–water partition coefficient (Wildman–Crippen LogP) is 4.27. The highest BCUT2D eigenvalue weighted by molar-refractivity contribution is 5.79. The lowest BCUT2D eigenvalue weighted by molar-refractivity contribution is -0.0768. The van der Waals surface area contributed by atoms with Crippen molar-refractivity contribution in [2.24, 2.45) is 11.3 Å². The molecular formula is C18H23NO. The molecule has 2 nitrogen and oxygen atoms in total. The maximum atomic E-state index is 11.2. The second-order valence-electron chi connectivity index (χ2n) is 7.10. The third-order valence-corrected chi connectivity index (χ3v) is 4.96. The minimum Gasteiger partial charge on any atom is -0.385 e. The van der Waals surface area contributed by atoms with Crippen molar-refractivity contribution in [2.75, 3.05) is 0 Å². The Balaban J connectivity index is 2.01. The fourth-order valence-electron chi connectivity index (χ4n) is 3.65. The van der Waals surface area contributed by atoms with Crippen LogP contribution < -0.4 is 0 Å². The van der Waals surface area contributed by atoms with E-state index >= 15 is 0 Å². The van der Waals surface area contributed by atoms with Gasteiger partial charge in [-0.1, -0.05) is 32.9 Å². The molecule has 0 aliphatic heterocycles. The van der Waals surface area contributed by atoms with Crippen molar-refractivity contribution in [1.82, 2.24) is 4.98 Å². The fourth-order valence-corrected chi connectivity index (χ4v) is 3.65. The highest BCUT2D eigenvalue weighted by atomic mass is 16.3. The quantitative estimate of drug-likeness (QED) is 0.838. The number of pyridine rings is 1. The number of hydrogen-bond donors (Lipinski definition) is 1. The molecular weight excluding hydrogens is 246 g/mol. The van der Waals surface area contributed by atoms with Gasteiger partial charge in [-0.2, -0.15) is 0 Å². The third kappa shape index (κ3) is 2.22. The van der Waals surface area contributed by atoms with Crippen LogP contribution in [0.15, 0.2) is 36.5 Å². The summed E-state index contributed by atoms with van der Waals surface area (Å²) in [5.41, 5.74) is 1.67. The number of rotatable bonds is 1. The number of hydrogen-bond acceptors (Lipinski definition) is 2. The van der Waals surface area contributed by atoms with Crippen LogP contribution in [0.4, 0.5) is 0 Å². The summed E-state index contributed by atoms with van der Waals surface area (Å²) in [4.78, 5) is 4.35. The molecule has 0 amide bonds. The van der Waals surface area contributed by atoms with Gasteiger partial charge in [0.05, 0.1) is 11.1 Å². The zero-order chi connectivity index (χ0) is 14.4. The summed E-state index contributed by atoms with van der Waals surface area (Å²) in [6.07, 6.45) is 4.78. The first-order chi connectivity index (χ1) is 9.41. The van der Waals surface area contributed by atoms with Gasteiger partial charge in [-0.25, -0.2) is 0 Å². The summed E-state index contributed by atoms with van der Waals surface area (Å²) < 4.78 is 0. The zero-order valence-electron chi connectivity index (χ0n) is 12.6. The molecule has 1 aliphatic rings. The average Bonchev–Trinajstić information content (AvgIpc) is 2.42. The molecule has 1 aliphatic carbocycles. The van der Waals surface area contributed by atoms with Crippen LogP contribution in [-0.2, 0) is 5.60 Å². The summed E-state index contributed by atoms with van der Waals surface area (Å²) in [6.45, 7) is 6.77. The molecule has 1 N–H and O–H groups in total. The summed E-state index contributed by atoms with van der Waals surface area (Å²) >= 11 is 0. The Kier molecular flexibility index (Phi) is 3.09. The van der Waals surface area contributed by atoms with E-state index in [1.165, 1.54) is 0 Å². The lowest BCUT2D eigenvalue weighted by atomic mass is 9.63. The molecule has 1 saturated carbocycles. The molecule has 0 bridgehead atoms. The predicted molar refractivity (Wildman–Crippen MR) is 82.4 cm³/mol. The summed E-state index contributed by atoms with van der Waals surface area (Å²) in [5.74, 6) is 0.278. The molecule has 1 aromatic carbocycles. The minimum absolute atomic E-state index is 0.278. The zero-order valence-corrected chi connectivity index (χ0v) is 12.6. The van der Waals surface area contributed by atoms with E-state index in [1.54, 1.807) is 0 Å². The van der Waals surface area contributed by atoms with Gasteiger partial charge in [0.2, 0.25) is 0 Å². The molecule has 2 aromatic rings. The Hall–Kier alpha value is -1.41. The van der Waals surface area contributed by atoms with Gasteiger partial charge in [-0.15, -0.1) is 0 Å². The molecule has 2 heteroatoms. The number of aromatic nitrogens is 1. The van der Waals surface area contributed by atoms with E-state index in [2.05, 4.69) is 37.9 Å². The highest BCUT2D eigenvalue weighted by Gasteiger charge is 2.43. The van der Waals surface area contributed by atoms with Crippen molar-refractivity contribution in [1.29, 1.82) is 0 Å². The molecule has 2 atom stereocenters. The molecule has 1 aromatic heterocycles. The number of aliphatic hydroxyl groups is 1. The van der Waals surface area contributed by atoms with Crippen LogP contribution in [0.1, 0.15) is 45.6 Å². The van der Waals surface area contributed by atoms with Gasteiger partial charge in [0.25, 0.3) is 0 Å². The smallest absolute Gasteiger partial charge is 0.0922 e. The van der Waals surface area contributed by atoms with Gasteiger partial charge >= 0.3 is 0 Å². The van der Waals surface area contributed by atoms with Gasteiger partial charge in [0.1, 0.15) is 0 Å². The van der Waals surface area contributed by atoms with Gasteiger partial charge in [0, 0.05) is 11.6 Å². The van der Waals surface area contributed by atoms with Gasteiger partial charge in [-0.05, 0) is 54.4 Å². The first kappa shape index (κ1) is 13.6. The SMILES string of the molecule is CC1CC(C)(C)CCC1(O)c1ccc2ncccc2c1. The molecule has 20 heavy (non-hydrogen) atoms. The van der Waals surface area contributed by atoms with Crippen molar-refractivity contribution >= 4 is 10.9 Å². The third-order valence-electron chi connectivity index (χ3n) is 4.96. The number of fused-ring (bicyclic) bond motifs is 1.